The number of carbonyl (C=O) groups is 3. The molecule has 0 amide bonds. The number of rotatable bonds is 60. The Labute approximate surface area is 466 Å². The van der Waals surface area contributed by atoms with Crippen LogP contribution in [0.3, 0.4) is 0 Å². The van der Waals surface area contributed by atoms with E-state index in [9.17, 15) is 14.4 Å². The summed E-state index contributed by atoms with van der Waals surface area (Å²) in [7, 11) is 0. The monoisotopic (exact) mass is 1050 g/mol. The predicted molar refractivity (Wildman–Crippen MR) is 325 cm³/mol. The van der Waals surface area contributed by atoms with E-state index < -0.39 is 6.10 Å². The zero-order valence-corrected chi connectivity index (χ0v) is 50.1. The molecule has 1 atom stereocenters. The first kappa shape index (κ1) is 72.1. The molecule has 0 spiro atoms. The van der Waals surface area contributed by atoms with E-state index in [0.29, 0.717) is 19.3 Å². The fourth-order valence-corrected chi connectivity index (χ4v) is 9.61. The molecule has 75 heavy (non-hydrogen) atoms. The summed E-state index contributed by atoms with van der Waals surface area (Å²) < 4.78 is 16.9. The van der Waals surface area contributed by atoms with Gasteiger partial charge in [0.25, 0.3) is 0 Å². The van der Waals surface area contributed by atoms with Gasteiger partial charge in [0.1, 0.15) is 13.2 Å². The first-order valence-corrected chi connectivity index (χ1v) is 32.8. The van der Waals surface area contributed by atoms with Crippen LogP contribution in [0.4, 0.5) is 0 Å². The molecule has 0 N–H and O–H groups in total. The second-order valence-corrected chi connectivity index (χ2v) is 22.0. The summed E-state index contributed by atoms with van der Waals surface area (Å²) in [6.45, 7) is 6.56. The number of unbranched alkanes of at least 4 members (excludes halogenated alkanes) is 39. The molecule has 0 rings (SSSR count). The fourth-order valence-electron chi connectivity index (χ4n) is 9.61. The molecule has 0 aromatic carbocycles. The van der Waals surface area contributed by atoms with Crippen LogP contribution in [0.25, 0.3) is 0 Å². The largest absolute Gasteiger partial charge is 0.462 e. The van der Waals surface area contributed by atoms with E-state index in [0.717, 1.165) is 89.9 Å². The highest BCUT2D eigenvalue weighted by Gasteiger charge is 2.19. The Hall–Kier alpha value is -2.89. The van der Waals surface area contributed by atoms with Gasteiger partial charge in [0, 0.05) is 19.3 Å². The summed E-state index contributed by atoms with van der Waals surface area (Å²) in [6.07, 6.45) is 80.9. The highest BCUT2D eigenvalue weighted by molar-refractivity contribution is 5.71. The molecule has 0 aliphatic carbocycles. The van der Waals surface area contributed by atoms with Crippen molar-refractivity contribution in [2.45, 2.75) is 348 Å². The molecule has 0 aromatic heterocycles. The van der Waals surface area contributed by atoms with Crippen molar-refractivity contribution in [1.82, 2.24) is 0 Å². The van der Waals surface area contributed by atoms with Crippen molar-refractivity contribution >= 4 is 17.9 Å². The van der Waals surface area contributed by atoms with E-state index in [1.54, 1.807) is 0 Å². The Morgan fingerprint density at radius 3 is 0.840 bits per heavy atom. The van der Waals surface area contributed by atoms with Gasteiger partial charge in [0.05, 0.1) is 0 Å². The summed E-state index contributed by atoms with van der Waals surface area (Å²) in [4.78, 5) is 38.3. The van der Waals surface area contributed by atoms with Gasteiger partial charge >= 0.3 is 17.9 Å². The van der Waals surface area contributed by atoms with E-state index in [1.165, 1.54) is 212 Å². The van der Waals surface area contributed by atoms with Crippen molar-refractivity contribution in [1.29, 1.82) is 0 Å². The van der Waals surface area contributed by atoms with Gasteiger partial charge in [-0.15, -0.1) is 0 Å². The Kier molecular flexibility index (Phi) is 61.2. The van der Waals surface area contributed by atoms with E-state index in [1.807, 2.05) is 0 Å². The van der Waals surface area contributed by atoms with Crippen molar-refractivity contribution in [3.63, 3.8) is 0 Å². The molecule has 0 aromatic rings. The molecule has 0 aliphatic rings. The van der Waals surface area contributed by atoms with Crippen LogP contribution in [0.5, 0.6) is 0 Å². The van der Waals surface area contributed by atoms with Gasteiger partial charge in [-0.05, 0) is 83.5 Å². The Morgan fingerprint density at radius 1 is 0.280 bits per heavy atom. The lowest BCUT2D eigenvalue weighted by atomic mass is 10.0. The Bertz CT molecular complexity index is 1340. The summed E-state index contributed by atoms with van der Waals surface area (Å²) in [5.41, 5.74) is 0. The minimum absolute atomic E-state index is 0.0756. The minimum Gasteiger partial charge on any atom is -0.462 e. The molecule has 6 heteroatoms. The highest BCUT2D eigenvalue weighted by Crippen LogP contribution is 2.17. The third kappa shape index (κ3) is 61.8. The second kappa shape index (κ2) is 63.6. The minimum atomic E-state index is -0.778. The van der Waals surface area contributed by atoms with Crippen LogP contribution in [0, 0.1) is 0 Å². The SMILES string of the molecule is CC/C=C\C/C=C\C/C=C\C/C=C\CCCCCCCCCCCCC(=O)OCC(COC(=O)CCCCCCC/C=C\CCCCCC)OC(=O)CCCCCCCCCCCCCCCCCCCCCCC. The van der Waals surface area contributed by atoms with Crippen LogP contribution in [0.1, 0.15) is 342 Å². The van der Waals surface area contributed by atoms with Crippen LogP contribution in [-0.4, -0.2) is 37.2 Å². The number of esters is 3. The first-order chi connectivity index (χ1) is 37.0. The third-order valence-electron chi connectivity index (χ3n) is 14.5. The lowest BCUT2D eigenvalue weighted by molar-refractivity contribution is -0.167. The molecule has 0 fully saturated rings. The van der Waals surface area contributed by atoms with Crippen LogP contribution in [0.2, 0.25) is 0 Å². The standard InChI is InChI=1S/C69H124O6/c1-4-7-10-13-16-19-22-25-27-29-31-33-34-36-37-39-41-44-47-50-53-56-59-62-68(71)74-65-66(64-73-67(70)61-58-55-52-49-46-43-24-21-18-15-12-9-6-3)75-69(72)63-60-57-54-51-48-45-42-40-38-35-32-30-28-26-23-20-17-14-11-8-5-2/h7,10,16,19,21,24-25,27,31,33,66H,4-6,8-9,11-15,17-18,20,22-23,26,28-30,32,34-65H2,1-3H3/b10-7-,19-16-,24-21-,27-25-,33-31-. The van der Waals surface area contributed by atoms with E-state index >= 15 is 0 Å². The zero-order valence-electron chi connectivity index (χ0n) is 50.1. The molecule has 6 nitrogen and oxygen atoms in total. The average molecular weight is 1050 g/mol. The van der Waals surface area contributed by atoms with Crippen LogP contribution >= 0.6 is 0 Å². The lowest BCUT2D eigenvalue weighted by Crippen LogP contribution is -2.30. The average Bonchev–Trinajstić information content (AvgIpc) is 3.41. The maximum Gasteiger partial charge on any atom is 0.306 e. The topological polar surface area (TPSA) is 78.9 Å². The zero-order chi connectivity index (χ0) is 54.3. The molecular weight excluding hydrogens is 925 g/mol. The van der Waals surface area contributed by atoms with Crippen molar-refractivity contribution < 1.29 is 28.6 Å². The maximum absolute atomic E-state index is 12.9. The summed E-state index contributed by atoms with van der Waals surface area (Å²) in [5.74, 6) is -0.868. The van der Waals surface area contributed by atoms with Gasteiger partial charge in [-0.1, -0.05) is 300 Å². The molecule has 1 unspecified atom stereocenters. The number of hydrogen-bond donors (Lipinski definition) is 0. The lowest BCUT2D eigenvalue weighted by Gasteiger charge is -2.18. The maximum atomic E-state index is 12.9. The van der Waals surface area contributed by atoms with Crippen LogP contribution in [0.15, 0.2) is 60.8 Å². The second-order valence-electron chi connectivity index (χ2n) is 22.0. The van der Waals surface area contributed by atoms with E-state index in [2.05, 4.69) is 81.5 Å². The van der Waals surface area contributed by atoms with Gasteiger partial charge in [0.2, 0.25) is 0 Å². The number of ether oxygens (including phenoxy) is 3. The molecule has 0 radical (unpaired) electrons. The van der Waals surface area contributed by atoms with Crippen molar-refractivity contribution in [2.24, 2.45) is 0 Å². The molecule has 0 saturated carbocycles. The quantitative estimate of drug-likeness (QED) is 0.0261. The van der Waals surface area contributed by atoms with Gasteiger partial charge in [-0.25, -0.2) is 0 Å². The Morgan fingerprint density at radius 2 is 0.520 bits per heavy atom. The van der Waals surface area contributed by atoms with Crippen molar-refractivity contribution in [3.05, 3.63) is 60.8 Å². The van der Waals surface area contributed by atoms with Crippen molar-refractivity contribution in [3.8, 4) is 0 Å². The summed E-state index contributed by atoms with van der Waals surface area (Å²) in [6, 6.07) is 0. The van der Waals surface area contributed by atoms with Crippen LogP contribution in [-0.2, 0) is 28.6 Å². The van der Waals surface area contributed by atoms with Gasteiger partial charge in [-0.2, -0.15) is 0 Å². The third-order valence-corrected chi connectivity index (χ3v) is 14.5. The molecule has 0 aliphatic heterocycles. The molecular formula is C69H124O6. The van der Waals surface area contributed by atoms with Gasteiger partial charge in [0.15, 0.2) is 6.10 Å². The Balaban J connectivity index is 4.29. The van der Waals surface area contributed by atoms with E-state index in [-0.39, 0.29) is 31.1 Å². The van der Waals surface area contributed by atoms with Crippen molar-refractivity contribution in [2.75, 3.05) is 13.2 Å². The molecule has 0 saturated heterocycles. The van der Waals surface area contributed by atoms with Crippen LogP contribution < -0.4 is 0 Å². The smallest absolute Gasteiger partial charge is 0.306 e. The number of carbonyl (C=O) groups excluding carboxylic acids is 3. The van der Waals surface area contributed by atoms with E-state index in [4.69, 9.17) is 14.2 Å². The van der Waals surface area contributed by atoms with Gasteiger partial charge < -0.3 is 14.2 Å². The predicted octanol–water partition coefficient (Wildman–Crippen LogP) is 22.3. The molecule has 436 valence electrons. The number of allylic oxidation sites excluding steroid dienone is 10. The van der Waals surface area contributed by atoms with Gasteiger partial charge in [-0.3, -0.25) is 14.4 Å². The normalized spacial score (nSPS) is 12.4. The fraction of sp³-hybridized carbons (Fsp3) is 0.812. The molecule has 0 heterocycles. The first-order valence-electron chi connectivity index (χ1n) is 32.8. The highest BCUT2D eigenvalue weighted by atomic mass is 16.6. The summed E-state index contributed by atoms with van der Waals surface area (Å²) >= 11 is 0. The molecule has 0 bridgehead atoms. The summed E-state index contributed by atoms with van der Waals surface area (Å²) in [5, 5.41) is 0. The number of hydrogen-bond acceptors (Lipinski definition) is 6.